The summed E-state index contributed by atoms with van der Waals surface area (Å²) >= 11 is 0. The fourth-order valence-electron chi connectivity index (χ4n) is 2.51. The van der Waals surface area contributed by atoms with E-state index in [9.17, 15) is 9.18 Å². The number of nitrogens with zero attached hydrogens (tertiary/aromatic N) is 2. The lowest BCUT2D eigenvalue weighted by Gasteiger charge is -2.21. The number of methoxy groups -OCH3 is 1. The number of halogens is 1. The summed E-state index contributed by atoms with van der Waals surface area (Å²) < 4.78 is 19.0. The summed E-state index contributed by atoms with van der Waals surface area (Å²) in [7, 11) is 1.59. The van der Waals surface area contributed by atoms with Gasteiger partial charge < -0.3 is 14.6 Å². The molecule has 1 amide bonds. The van der Waals surface area contributed by atoms with Crippen LogP contribution in [0.5, 0.6) is 0 Å². The Morgan fingerprint density at radius 3 is 2.72 bits per heavy atom. The minimum absolute atomic E-state index is 0.260. The van der Waals surface area contributed by atoms with Crippen molar-refractivity contribution in [2.45, 2.75) is 0 Å². The van der Waals surface area contributed by atoms with Gasteiger partial charge in [0.05, 0.1) is 12.1 Å². The smallest absolute Gasteiger partial charge is 0.274 e. The SMILES string of the molecule is COCCN(c1ccc(C(=O)NO)cc1)c1nc2c(F)cccc2[nH]1. The number of imidazole rings is 1. The van der Waals surface area contributed by atoms with E-state index in [1.807, 2.05) is 4.90 Å². The molecule has 0 spiro atoms. The Morgan fingerprint density at radius 2 is 2.08 bits per heavy atom. The van der Waals surface area contributed by atoms with Gasteiger partial charge in [-0.15, -0.1) is 0 Å². The molecule has 0 saturated carbocycles. The molecule has 0 aliphatic rings. The Hall–Kier alpha value is -2.97. The molecule has 0 radical (unpaired) electrons. The van der Waals surface area contributed by atoms with Crippen molar-refractivity contribution in [2.24, 2.45) is 0 Å². The second kappa shape index (κ2) is 7.29. The highest BCUT2D eigenvalue weighted by Gasteiger charge is 2.16. The summed E-state index contributed by atoms with van der Waals surface area (Å²) in [5.74, 6) is -0.529. The van der Waals surface area contributed by atoms with Crippen molar-refractivity contribution in [2.75, 3.05) is 25.2 Å². The van der Waals surface area contributed by atoms with Gasteiger partial charge >= 0.3 is 0 Å². The van der Waals surface area contributed by atoms with Gasteiger partial charge in [0.15, 0.2) is 5.82 Å². The van der Waals surface area contributed by atoms with E-state index in [-0.39, 0.29) is 5.52 Å². The zero-order valence-corrected chi connectivity index (χ0v) is 13.5. The number of fused-ring (bicyclic) bond motifs is 1. The lowest BCUT2D eigenvalue weighted by molar-refractivity contribution is 0.0706. The van der Waals surface area contributed by atoms with Gasteiger partial charge in [-0.2, -0.15) is 0 Å². The molecule has 2 aromatic carbocycles. The molecular formula is C17H17FN4O3. The van der Waals surface area contributed by atoms with Crippen molar-refractivity contribution in [1.29, 1.82) is 0 Å². The maximum atomic E-state index is 13.9. The van der Waals surface area contributed by atoms with Gasteiger partial charge in [-0.1, -0.05) is 6.07 Å². The van der Waals surface area contributed by atoms with Crippen molar-refractivity contribution >= 4 is 28.6 Å². The zero-order chi connectivity index (χ0) is 17.8. The van der Waals surface area contributed by atoms with Crippen LogP contribution in [0.1, 0.15) is 10.4 Å². The molecule has 3 rings (SSSR count). The molecule has 3 aromatic rings. The fourth-order valence-corrected chi connectivity index (χ4v) is 2.51. The highest BCUT2D eigenvalue weighted by atomic mass is 19.1. The van der Waals surface area contributed by atoms with Gasteiger partial charge in [0.1, 0.15) is 5.52 Å². The molecule has 0 atom stereocenters. The third-order valence-corrected chi connectivity index (χ3v) is 3.77. The quantitative estimate of drug-likeness (QED) is 0.472. The van der Waals surface area contributed by atoms with Crippen molar-refractivity contribution in [3.8, 4) is 0 Å². The van der Waals surface area contributed by atoms with Crippen LogP contribution in [-0.2, 0) is 4.74 Å². The Morgan fingerprint density at radius 1 is 1.32 bits per heavy atom. The molecule has 1 aromatic heterocycles. The van der Waals surface area contributed by atoms with E-state index in [0.717, 1.165) is 5.69 Å². The Bertz CT molecular complexity index is 879. The molecule has 8 heteroatoms. The summed E-state index contributed by atoms with van der Waals surface area (Å²) in [6.07, 6.45) is 0. The molecule has 0 saturated heterocycles. The van der Waals surface area contributed by atoms with Crippen molar-refractivity contribution in [1.82, 2.24) is 15.4 Å². The van der Waals surface area contributed by atoms with Crippen LogP contribution in [-0.4, -0.2) is 41.3 Å². The number of amides is 1. The monoisotopic (exact) mass is 344 g/mol. The largest absolute Gasteiger partial charge is 0.383 e. The molecule has 0 bridgehead atoms. The Labute approximate surface area is 143 Å². The molecule has 7 nitrogen and oxygen atoms in total. The summed E-state index contributed by atoms with van der Waals surface area (Å²) in [4.78, 5) is 20.7. The van der Waals surface area contributed by atoms with E-state index in [1.54, 1.807) is 49.0 Å². The van der Waals surface area contributed by atoms with E-state index in [4.69, 9.17) is 9.94 Å². The van der Waals surface area contributed by atoms with E-state index < -0.39 is 11.7 Å². The van der Waals surface area contributed by atoms with Crippen LogP contribution in [0.3, 0.4) is 0 Å². The number of ether oxygens (including phenoxy) is 1. The summed E-state index contributed by atoms with van der Waals surface area (Å²) in [5.41, 5.74) is 3.49. The predicted octanol–water partition coefficient (Wildman–Crippen LogP) is 2.61. The third-order valence-electron chi connectivity index (χ3n) is 3.77. The van der Waals surface area contributed by atoms with Gasteiger partial charge in [-0.3, -0.25) is 10.0 Å². The molecule has 3 N–H and O–H groups in total. The maximum absolute atomic E-state index is 13.9. The fraction of sp³-hybridized carbons (Fsp3) is 0.176. The minimum Gasteiger partial charge on any atom is -0.383 e. The number of hydrogen-bond donors (Lipinski definition) is 3. The minimum atomic E-state index is -0.596. The first-order valence-corrected chi connectivity index (χ1v) is 7.59. The number of nitrogens with one attached hydrogen (secondary N) is 2. The number of carbonyl (C=O) groups is 1. The van der Waals surface area contributed by atoms with Gasteiger partial charge in [-0.05, 0) is 36.4 Å². The average molecular weight is 344 g/mol. The number of hydrogen-bond acceptors (Lipinski definition) is 5. The number of rotatable bonds is 6. The van der Waals surface area contributed by atoms with Gasteiger partial charge in [0.25, 0.3) is 5.91 Å². The lowest BCUT2D eigenvalue weighted by Crippen LogP contribution is -2.23. The molecule has 0 aliphatic carbocycles. The summed E-state index contributed by atoms with van der Waals surface area (Å²) in [6, 6.07) is 11.3. The average Bonchev–Trinajstić information content (AvgIpc) is 3.07. The zero-order valence-electron chi connectivity index (χ0n) is 13.5. The number of hydroxylamine groups is 1. The molecule has 1 heterocycles. The van der Waals surface area contributed by atoms with E-state index in [0.29, 0.717) is 30.2 Å². The number of aromatic nitrogens is 2. The number of carbonyl (C=O) groups excluding carboxylic acids is 1. The van der Waals surface area contributed by atoms with Gasteiger partial charge in [-0.25, -0.2) is 14.9 Å². The number of benzene rings is 2. The molecule has 130 valence electrons. The van der Waals surface area contributed by atoms with Crippen LogP contribution < -0.4 is 10.4 Å². The number of H-pyrrole nitrogens is 1. The standard InChI is InChI=1S/C17H17FN4O3/c1-25-10-9-22(12-7-5-11(6-8-12)16(23)21-24)17-19-14-4-2-3-13(18)15(14)20-17/h2-8,24H,9-10H2,1H3,(H,19,20)(H,21,23). The molecule has 0 fully saturated rings. The van der Waals surface area contributed by atoms with E-state index in [2.05, 4.69) is 9.97 Å². The van der Waals surface area contributed by atoms with Crippen LogP contribution in [0.15, 0.2) is 42.5 Å². The van der Waals surface area contributed by atoms with Crippen LogP contribution in [0.25, 0.3) is 11.0 Å². The second-order valence-electron chi connectivity index (χ2n) is 5.33. The van der Waals surface area contributed by atoms with Crippen molar-refractivity contribution in [3.05, 3.63) is 53.8 Å². The van der Waals surface area contributed by atoms with Crippen LogP contribution >= 0.6 is 0 Å². The number of anilines is 2. The lowest BCUT2D eigenvalue weighted by atomic mass is 10.2. The van der Waals surface area contributed by atoms with Gasteiger partial charge in [0.2, 0.25) is 5.95 Å². The first kappa shape index (κ1) is 16.9. The van der Waals surface area contributed by atoms with E-state index in [1.165, 1.54) is 6.07 Å². The van der Waals surface area contributed by atoms with Crippen molar-refractivity contribution < 1.29 is 19.1 Å². The third kappa shape index (κ3) is 3.44. The predicted molar refractivity (Wildman–Crippen MR) is 90.6 cm³/mol. The van der Waals surface area contributed by atoms with Crippen LogP contribution in [0.4, 0.5) is 16.0 Å². The number of aromatic amines is 1. The van der Waals surface area contributed by atoms with E-state index >= 15 is 0 Å². The Kier molecular flexibility index (Phi) is 4.92. The molecule has 0 unspecified atom stereocenters. The topological polar surface area (TPSA) is 90.5 Å². The molecule has 25 heavy (non-hydrogen) atoms. The maximum Gasteiger partial charge on any atom is 0.274 e. The van der Waals surface area contributed by atoms with Crippen LogP contribution in [0, 0.1) is 5.82 Å². The normalized spacial score (nSPS) is 10.8. The first-order chi connectivity index (χ1) is 12.1. The Balaban J connectivity index is 1.98. The highest BCUT2D eigenvalue weighted by Crippen LogP contribution is 2.26. The number of para-hydroxylation sites is 1. The second-order valence-corrected chi connectivity index (χ2v) is 5.33. The summed E-state index contributed by atoms with van der Waals surface area (Å²) in [6.45, 7) is 0.905. The van der Waals surface area contributed by atoms with Gasteiger partial charge in [0, 0.05) is 24.9 Å². The highest BCUT2D eigenvalue weighted by molar-refractivity contribution is 5.93. The molecular weight excluding hydrogens is 327 g/mol. The molecule has 0 aliphatic heterocycles. The first-order valence-electron chi connectivity index (χ1n) is 7.59. The van der Waals surface area contributed by atoms with Crippen molar-refractivity contribution in [3.63, 3.8) is 0 Å². The summed E-state index contributed by atoms with van der Waals surface area (Å²) in [5, 5.41) is 8.69. The van der Waals surface area contributed by atoms with Crippen LogP contribution in [0.2, 0.25) is 0 Å².